The lowest BCUT2D eigenvalue weighted by atomic mass is 9.93. The molecular formula is C22H28N4O4. The molecular weight excluding hydrogens is 384 g/mol. The average Bonchev–Trinajstić information content (AvgIpc) is 3.20. The topological polar surface area (TPSA) is 108 Å². The first-order chi connectivity index (χ1) is 14.3. The van der Waals surface area contributed by atoms with Crippen LogP contribution in [0, 0.1) is 10.1 Å². The highest BCUT2D eigenvalue weighted by atomic mass is 16.6. The summed E-state index contributed by atoms with van der Waals surface area (Å²) in [6.45, 7) is 4.12. The van der Waals surface area contributed by atoms with E-state index in [4.69, 9.17) is 0 Å². The first-order valence-electron chi connectivity index (χ1n) is 10.1. The van der Waals surface area contributed by atoms with E-state index in [0.717, 1.165) is 16.8 Å². The summed E-state index contributed by atoms with van der Waals surface area (Å²) in [5.74, 6) is -0.127. The van der Waals surface area contributed by atoms with Crippen molar-refractivity contribution in [2.24, 2.45) is 5.10 Å². The van der Waals surface area contributed by atoms with Gasteiger partial charge in [-0.2, -0.15) is 5.10 Å². The number of carbonyl (C=O) groups is 1. The molecule has 0 saturated heterocycles. The lowest BCUT2D eigenvalue weighted by Gasteiger charge is -2.26. The zero-order valence-corrected chi connectivity index (χ0v) is 17.3. The summed E-state index contributed by atoms with van der Waals surface area (Å²) in [6, 6.07) is 8.71. The third kappa shape index (κ3) is 5.20. The molecule has 0 aromatic heterocycles. The van der Waals surface area contributed by atoms with Gasteiger partial charge in [0.25, 0.3) is 0 Å². The Morgan fingerprint density at radius 2 is 2.10 bits per heavy atom. The quantitative estimate of drug-likeness (QED) is 0.503. The number of hydrazone groups is 1. The molecule has 3 rings (SSSR count). The molecule has 0 fully saturated rings. The number of hydrogen-bond donors (Lipinski definition) is 2. The highest BCUT2D eigenvalue weighted by molar-refractivity contribution is 6.03. The Bertz CT molecular complexity index is 876. The van der Waals surface area contributed by atoms with Gasteiger partial charge < -0.3 is 10.4 Å². The number of benzene rings is 1. The summed E-state index contributed by atoms with van der Waals surface area (Å²) in [5.41, 5.74) is 2.19. The Labute approximate surface area is 176 Å². The minimum Gasteiger partial charge on any atom is -0.394 e. The van der Waals surface area contributed by atoms with Crippen LogP contribution in [0.1, 0.15) is 38.7 Å². The fourth-order valence-corrected chi connectivity index (χ4v) is 3.51. The normalized spacial score (nSPS) is 21.4. The Hall–Kier alpha value is -2.84. The summed E-state index contributed by atoms with van der Waals surface area (Å²) >= 11 is 0. The molecule has 1 aliphatic carbocycles. The van der Waals surface area contributed by atoms with Gasteiger partial charge in [-0.05, 0) is 31.1 Å². The molecule has 2 unspecified atom stereocenters. The van der Waals surface area contributed by atoms with Crippen LogP contribution in [0.4, 0.5) is 0 Å². The zero-order chi connectivity index (χ0) is 21.7. The molecule has 2 N–H and O–H groups in total. The lowest BCUT2D eigenvalue weighted by Crippen LogP contribution is -2.44. The molecule has 2 aliphatic rings. The number of carbonyl (C=O) groups excluding carboxylic acids is 1. The number of rotatable bonds is 8. The monoisotopic (exact) mass is 412 g/mol. The molecule has 2 atom stereocenters. The van der Waals surface area contributed by atoms with Crippen LogP contribution < -0.4 is 5.32 Å². The second kappa shape index (κ2) is 9.32. The van der Waals surface area contributed by atoms with Crippen molar-refractivity contribution in [3.8, 4) is 0 Å². The molecule has 1 aromatic rings. The van der Waals surface area contributed by atoms with Crippen molar-refractivity contribution in [3.05, 3.63) is 69.8 Å². The summed E-state index contributed by atoms with van der Waals surface area (Å²) in [4.78, 5) is 23.7. The van der Waals surface area contributed by atoms with Crippen LogP contribution in [-0.4, -0.2) is 57.4 Å². The van der Waals surface area contributed by atoms with Gasteiger partial charge in [0.1, 0.15) is 0 Å². The van der Waals surface area contributed by atoms with Gasteiger partial charge in [-0.15, -0.1) is 0 Å². The Morgan fingerprint density at radius 3 is 2.70 bits per heavy atom. The molecule has 1 amide bonds. The van der Waals surface area contributed by atoms with E-state index in [1.807, 2.05) is 50.3 Å². The molecule has 1 aromatic carbocycles. The van der Waals surface area contributed by atoms with Gasteiger partial charge in [0.2, 0.25) is 11.9 Å². The molecule has 160 valence electrons. The molecule has 8 nitrogen and oxygen atoms in total. The van der Waals surface area contributed by atoms with Crippen LogP contribution >= 0.6 is 0 Å². The van der Waals surface area contributed by atoms with Crippen LogP contribution in [0.15, 0.2) is 59.2 Å². The largest absolute Gasteiger partial charge is 0.394 e. The fraction of sp³-hybridized carbons (Fsp3) is 0.455. The second-order valence-electron chi connectivity index (χ2n) is 8.24. The molecule has 0 bridgehead atoms. The Morgan fingerprint density at radius 1 is 1.37 bits per heavy atom. The fourth-order valence-electron chi connectivity index (χ4n) is 3.51. The van der Waals surface area contributed by atoms with Crippen molar-refractivity contribution in [1.82, 2.24) is 10.3 Å². The van der Waals surface area contributed by atoms with E-state index in [-0.39, 0.29) is 29.9 Å². The summed E-state index contributed by atoms with van der Waals surface area (Å²) in [7, 11) is 0. The number of amides is 1. The van der Waals surface area contributed by atoms with E-state index in [2.05, 4.69) is 10.4 Å². The number of aliphatic hydroxyl groups excluding tert-OH is 1. The predicted octanol–water partition coefficient (Wildman–Crippen LogP) is 2.27. The van der Waals surface area contributed by atoms with E-state index in [1.54, 1.807) is 12.2 Å². The summed E-state index contributed by atoms with van der Waals surface area (Å²) in [5, 5.41) is 29.7. The third-order valence-electron chi connectivity index (χ3n) is 5.37. The second-order valence-corrected chi connectivity index (χ2v) is 8.24. The molecule has 0 saturated carbocycles. The van der Waals surface area contributed by atoms with Crippen LogP contribution in [0.25, 0.3) is 0 Å². The van der Waals surface area contributed by atoms with Gasteiger partial charge >= 0.3 is 0 Å². The van der Waals surface area contributed by atoms with Crippen molar-refractivity contribution in [2.75, 3.05) is 13.2 Å². The van der Waals surface area contributed by atoms with Gasteiger partial charge in [0.05, 0.1) is 18.4 Å². The molecule has 0 spiro atoms. The van der Waals surface area contributed by atoms with Crippen molar-refractivity contribution in [1.29, 1.82) is 0 Å². The highest BCUT2D eigenvalue weighted by Crippen LogP contribution is 2.29. The van der Waals surface area contributed by atoms with Crippen LogP contribution in [0.5, 0.6) is 0 Å². The first kappa shape index (κ1) is 21.9. The molecule has 8 heteroatoms. The van der Waals surface area contributed by atoms with Crippen LogP contribution in [0.3, 0.4) is 0 Å². The third-order valence-corrected chi connectivity index (χ3v) is 5.37. The van der Waals surface area contributed by atoms with Gasteiger partial charge in [-0.3, -0.25) is 14.9 Å². The van der Waals surface area contributed by atoms with Crippen LogP contribution in [-0.2, 0) is 4.79 Å². The average molecular weight is 412 g/mol. The predicted molar refractivity (Wildman–Crippen MR) is 115 cm³/mol. The zero-order valence-electron chi connectivity index (χ0n) is 17.3. The summed E-state index contributed by atoms with van der Waals surface area (Å²) in [6.07, 6.45) is 6.28. The lowest BCUT2D eigenvalue weighted by molar-refractivity contribution is -0.508. The minimum absolute atomic E-state index is 0.0286. The van der Waals surface area contributed by atoms with Crippen molar-refractivity contribution < 1.29 is 14.8 Å². The maximum Gasteiger partial charge on any atom is 0.244 e. The number of hydrogen-bond acceptors (Lipinski definition) is 6. The number of aliphatic hydroxyl groups is 1. The van der Waals surface area contributed by atoms with Crippen molar-refractivity contribution in [3.63, 3.8) is 0 Å². The minimum atomic E-state index is -0.723. The van der Waals surface area contributed by atoms with Gasteiger partial charge in [-0.25, -0.2) is 5.01 Å². The maximum absolute atomic E-state index is 13.0. The van der Waals surface area contributed by atoms with Gasteiger partial charge in [0.15, 0.2) is 0 Å². The first-order valence-corrected chi connectivity index (χ1v) is 10.1. The molecule has 1 heterocycles. The molecule has 1 aliphatic heterocycles. The highest BCUT2D eigenvalue weighted by Gasteiger charge is 2.35. The van der Waals surface area contributed by atoms with Crippen LogP contribution in [0.2, 0.25) is 0 Å². The SMILES string of the molecule is CC(C)(CO)NCCC(=O)N1N=C(c2ccccc2)CC1C1=CCC([N+](=O)[O-])C=C1. The smallest absolute Gasteiger partial charge is 0.244 e. The number of nitro groups is 1. The van der Waals surface area contributed by atoms with Gasteiger partial charge in [0, 0.05) is 36.3 Å². The Balaban J connectivity index is 1.76. The molecule has 0 radical (unpaired) electrons. The van der Waals surface area contributed by atoms with Crippen molar-refractivity contribution >= 4 is 11.6 Å². The number of nitrogens with one attached hydrogen (secondary N) is 1. The standard InChI is InChI=1S/C22H28N4O4/c1-22(2,15-27)23-13-12-21(28)25-20(17-8-10-18(11-9-17)26(29)30)14-19(24-25)16-6-4-3-5-7-16/h3-10,18,20,23,27H,11-15H2,1-2H3. The van der Waals surface area contributed by atoms with E-state index in [1.165, 1.54) is 5.01 Å². The van der Waals surface area contributed by atoms with E-state index >= 15 is 0 Å². The van der Waals surface area contributed by atoms with E-state index in [9.17, 15) is 20.0 Å². The summed E-state index contributed by atoms with van der Waals surface area (Å²) < 4.78 is 0. The van der Waals surface area contributed by atoms with Gasteiger partial charge in [-0.1, -0.05) is 42.5 Å². The van der Waals surface area contributed by atoms with E-state index in [0.29, 0.717) is 19.4 Å². The maximum atomic E-state index is 13.0. The molecule has 30 heavy (non-hydrogen) atoms. The number of nitrogens with zero attached hydrogens (tertiary/aromatic N) is 3. The Kier molecular flexibility index (Phi) is 6.79. The van der Waals surface area contributed by atoms with E-state index < -0.39 is 11.6 Å². The van der Waals surface area contributed by atoms with Crippen molar-refractivity contribution in [2.45, 2.75) is 50.7 Å².